The van der Waals surface area contributed by atoms with Crippen molar-refractivity contribution in [1.82, 2.24) is 15.2 Å². The predicted octanol–water partition coefficient (Wildman–Crippen LogP) is 4.94. The molecule has 0 saturated carbocycles. The van der Waals surface area contributed by atoms with E-state index in [9.17, 15) is 0 Å². The third kappa shape index (κ3) is 3.46. The third-order valence-electron chi connectivity index (χ3n) is 3.94. The number of aryl methyl sites for hydroxylation is 1. The summed E-state index contributed by atoms with van der Waals surface area (Å²) in [7, 11) is 0. The highest BCUT2D eigenvalue weighted by Gasteiger charge is 2.07. The summed E-state index contributed by atoms with van der Waals surface area (Å²) in [5.41, 5.74) is 5.19. The van der Waals surface area contributed by atoms with Crippen molar-refractivity contribution in [2.75, 3.05) is 10.6 Å². The summed E-state index contributed by atoms with van der Waals surface area (Å²) >= 11 is 6.14. The molecule has 0 saturated heterocycles. The standard InChI is InChI=1S/C18H18ClN5/c1-11-6-4-8-15(12(11)2)21-17-10-20-24-18(23-17)22-16-9-5-7-14(19)13(16)3/h4-10H,1-3H3,(H2,21,22,23,24). The van der Waals surface area contributed by atoms with Crippen LogP contribution in [-0.4, -0.2) is 15.2 Å². The van der Waals surface area contributed by atoms with Crippen LogP contribution in [0.2, 0.25) is 5.02 Å². The van der Waals surface area contributed by atoms with Crippen LogP contribution in [-0.2, 0) is 0 Å². The lowest BCUT2D eigenvalue weighted by atomic mass is 10.1. The Balaban J connectivity index is 1.84. The van der Waals surface area contributed by atoms with E-state index in [1.807, 2.05) is 37.3 Å². The minimum Gasteiger partial charge on any atom is -0.339 e. The van der Waals surface area contributed by atoms with Gasteiger partial charge in [-0.15, -0.1) is 5.10 Å². The summed E-state index contributed by atoms with van der Waals surface area (Å²) in [6.07, 6.45) is 1.60. The lowest BCUT2D eigenvalue weighted by molar-refractivity contribution is 0.981. The first-order chi connectivity index (χ1) is 11.5. The Hall–Kier alpha value is -2.66. The van der Waals surface area contributed by atoms with Crippen molar-refractivity contribution < 1.29 is 0 Å². The molecule has 6 heteroatoms. The molecule has 0 aliphatic carbocycles. The molecular formula is C18H18ClN5. The number of anilines is 4. The van der Waals surface area contributed by atoms with Gasteiger partial charge >= 0.3 is 0 Å². The average molecular weight is 340 g/mol. The van der Waals surface area contributed by atoms with Gasteiger partial charge in [0.15, 0.2) is 5.82 Å². The molecule has 2 aromatic carbocycles. The monoisotopic (exact) mass is 339 g/mol. The number of halogens is 1. The highest BCUT2D eigenvalue weighted by molar-refractivity contribution is 6.31. The van der Waals surface area contributed by atoms with Gasteiger partial charge in [0.05, 0.1) is 6.20 Å². The number of hydrogen-bond donors (Lipinski definition) is 2. The van der Waals surface area contributed by atoms with Gasteiger partial charge in [-0.1, -0.05) is 29.8 Å². The van der Waals surface area contributed by atoms with Crippen LogP contribution < -0.4 is 10.6 Å². The van der Waals surface area contributed by atoms with Crippen LogP contribution in [0.15, 0.2) is 42.6 Å². The van der Waals surface area contributed by atoms with E-state index in [4.69, 9.17) is 11.6 Å². The van der Waals surface area contributed by atoms with Crippen molar-refractivity contribution in [3.05, 3.63) is 64.3 Å². The zero-order chi connectivity index (χ0) is 17.1. The summed E-state index contributed by atoms with van der Waals surface area (Å²) < 4.78 is 0. The zero-order valence-electron chi connectivity index (χ0n) is 13.8. The Bertz CT molecular complexity index is 810. The molecule has 0 aliphatic rings. The van der Waals surface area contributed by atoms with Crippen LogP contribution in [0.5, 0.6) is 0 Å². The Kier molecular flexibility index (Phi) is 4.62. The molecule has 0 spiro atoms. The summed E-state index contributed by atoms with van der Waals surface area (Å²) in [6, 6.07) is 11.7. The molecule has 0 unspecified atom stereocenters. The molecule has 3 aromatic rings. The van der Waals surface area contributed by atoms with Crippen molar-refractivity contribution >= 4 is 34.7 Å². The van der Waals surface area contributed by atoms with Crippen molar-refractivity contribution in [1.29, 1.82) is 0 Å². The van der Waals surface area contributed by atoms with Crippen LogP contribution in [0.3, 0.4) is 0 Å². The van der Waals surface area contributed by atoms with Crippen molar-refractivity contribution in [2.45, 2.75) is 20.8 Å². The Morgan fingerprint density at radius 3 is 2.38 bits per heavy atom. The number of nitrogens with zero attached hydrogens (tertiary/aromatic N) is 3. The molecule has 0 radical (unpaired) electrons. The van der Waals surface area contributed by atoms with Gasteiger partial charge in [-0.3, -0.25) is 0 Å². The molecule has 24 heavy (non-hydrogen) atoms. The van der Waals surface area contributed by atoms with Crippen LogP contribution in [0.1, 0.15) is 16.7 Å². The second-order valence-electron chi connectivity index (χ2n) is 5.58. The van der Waals surface area contributed by atoms with E-state index in [1.165, 1.54) is 11.1 Å². The van der Waals surface area contributed by atoms with E-state index in [0.29, 0.717) is 16.8 Å². The molecule has 0 amide bonds. The first-order valence-electron chi connectivity index (χ1n) is 7.59. The van der Waals surface area contributed by atoms with Gasteiger partial charge in [0.2, 0.25) is 5.95 Å². The number of aromatic nitrogens is 3. The summed E-state index contributed by atoms with van der Waals surface area (Å²) in [4.78, 5) is 4.47. The molecule has 3 rings (SSSR count). The topological polar surface area (TPSA) is 62.7 Å². The van der Waals surface area contributed by atoms with Gasteiger partial charge in [0.25, 0.3) is 0 Å². The van der Waals surface area contributed by atoms with E-state index in [0.717, 1.165) is 16.9 Å². The SMILES string of the molecule is Cc1cccc(Nc2cnnc(Nc3cccc(Cl)c3C)n2)c1C. The minimum absolute atomic E-state index is 0.413. The van der Waals surface area contributed by atoms with Gasteiger partial charge in [-0.05, 0) is 55.7 Å². The van der Waals surface area contributed by atoms with Gasteiger partial charge in [0.1, 0.15) is 0 Å². The van der Waals surface area contributed by atoms with Gasteiger partial charge in [0, 0.05) is 16.4 Å². The fourth-order valence-electron chi connectivity index (χ4n) is 2.30. The van der Waals surface area contributed by atoms with Crippen LogP contribution in [0, 0.1) is 20.8 Å². The zero-order valence-corrected chi connectivity index (χ0v) is 14.5. The lowest BCUT2D eigenvalue weighted by Crippen LogP contribution is -2.04. The average Bonchev–Trinajstić information content (AvgIpc) is 2.57. The van der Waals surface area contributed by atoms with E-state index >= 15 is 0 Å². The number of hydrogen-bond acceptors (Lipinski definition) is 5. The molecule has 0 bridgehead atoms. The second kappa shape index (κ2) is 6.84. The Morgan fingerprint density at radius 2 is 1.58 bits per heavy atom. The van der Waals surface area contributed by atoms with Gasteiger partial charge in [-0.25, -0.2) is 0 Å². The summed E-state index contributed by atoms with van der Waals surface area (Å²) in [5, 5.41) is 15.2. The lowest BCUT2D eigenvalue weighted by Gasteiger charge is -2.12. The van der Waals surface area contributed by atoms with Crippen molar-refractivity contribution in [2.24, 2.45) is 0 Å². The Labute approximate surface area is 146 Å². The summed E-state index contributed by atoms with van der Waals surface area (Å²) in [6.45, 7) is 6.09. The van der Waals surface area contributed by atoms with E-state index in [1.54, 1.807) is 6.20 Å². The second-order valence-corrected chi connectivity index (χ2v) is 5.98. The number of rotatable bonds is 4. The van der Waals surface area contributed by atoms with Crippen molar-refractivity contribution in [3.8, 4) is 0 Å². The fourth-order valence-corrected chi connectivity index (χ4v) is 2.48. The third-order valence-corrected chi connectivity index (χ3v) is 4.35. The van der Waals surface area contributed by atoms with Gasteiger partial charge in [-0.2, -0.15) is 10.1 Å². The van der Waals surface area contributed by atoms with E-state index in [-0.39, 0.29) is 0 Å². The van der Waals surface area contributed by atoms with Crippen LogP contribution in [0.25, 0.3) is 0 Å². The van der Waals surface area contributed by atoms with Crippen LogP contribution in [0.4, 0.5) is 23.1 Å². The normalized spacial score (nSPS) is 10.5. The highest BCUT2D eigenvalue weighted by Crippen LogP contribution is 2.26. The van der Waals surface area contributed by atoms with Crippen molar-refractivity contribution in [3.63, 3.8) is 0 Å². The maximum absolute atomic E-state index is 6.14. The predicted molar refractivity (Wildman–Crippen MR) is 98.5 cm³/mol. The summed E-state index contributed by atoms with van der Waals surface area (Å²) in [5.74, 6) is 1.04. The molecular weight excluding hydrogens is 322 g/mol. The fraction of sp³-hybridized carbons (Fsp3) is 0.167. The minimum atomic E-state index is 0.413. The molecule has 5 nitrogen and oxygen atoms in total. The first kappa shape index (κ1) is 16.2. The van der Waals surface area contributed by atoms with Crippen LogP contribution >= 0.6 is 11.6 Å². The van der Waals surface area contributed by atoms with E-state index in [2.05, 4.69) is 45.7 Å². The van der Waals surface area contributed by atoms with E-state index < -0.39 is 0 Å². The quantitative estimate of drug-likeness (QED) is 0.705. The molecule has 0 atom stereocenters. The first-order valence-corrected chi connectivity index (χ1v) is 7.97. The molecule has 1 aromatic heterocycles. The smallest absolute Gasteiger partial charge is 0.249 e. The number of benzene rings is 2. The van der Waals surface area contributed by atoms with Gasteiger partial charge < -0.3 is 10.6 Å². The highest BCUT2D eigenvalue weighted by atomic mass is 35.5. The molecule has 2 N–H and O–H groups in total. The maximum Gasteiger partial charge on any atom is 0.249 e. The molecule has 0 aliphatic heterocycles. The maximum atomic E-state index is 6.14. The molecule has 0 fully saturated rings. The largest absolute Gasteiger partial charge is 0.339 e. The molecule has 1 heterocycles. The molecule has 122 valence electrons. The Morgan fingerprint density at radius 1 is 0.875 bits per heavy atom. The number of nitrogens with one attached hydrogen (secondary N) is 2.